The number of hydrogen-bond donors (Lipinski definition) is 2. The molecule has 0 spiro atoms. The van der Waals surface area contributed by atoms with E-state index in [2.05, 4.69) is 10.9 Å². The summed E-state index contributed by atoms with van der Waals surface area (Å²) in [5, 5.41) is 1.85. The van der Waals surface area contributed by atoms with Crippen LogP contribution in [0.2, 0.25) is 0 Å². The van der Waals surface area contributed by atoms with Crippen molar-refractivity contribution in [3.63, 3.8) is 0 Å². The molecule has 0 aromatic heterocycles. The molecule has 2 N–H and O–H groups in total. The van der Waals surface area contributed by atoms with Gasteiger partial charge in [0.05, 0.1) is 12.7 Å². The van der Waals surface area contributed by atoms with Gasteiger partial charge in [-0.05, 0) is 41.1 Å². The quantitative estimate of drug-likeness (QED) is 0.698. The highest BCUT2D eigenvalue weighted by Crippen LogP contribution is 2.32. The van der Waals surface area contributed by atoms with Gasteiger partial charge >= 0.3 is 0 Å². The summed E-state index contributed by atoms with van der Waals surface area (Å²) in [6, 6.07) is 15.9. The first-order valence-electron chi connectivity index (χ1n) is 8.23. The molecule has 3 aromatic carbocycles. The van der Waals surface area contributed by atoms with Crippen molar-refractivity contribution in [2.75, 3.05) is 13.9 Å². The number of hydrogen-bond acceptors (Lipinski definition) is 5. The van der Waals surface area contributed by atoms with Crippen LogP contribution in [0.5, 0.6) is 17.2 Å². The summed E-state index contributed by atoms with van der Waals surface area (Å²) in [6.45, 7) is 0.124. The fourth-order valence-electron chi connectivity index (χ4n) is 2.86. The summed E-state index contributed by atoms with van der Waals surface area (Å²) in [6.07, 6.45) is 0. The molecule has 0 unspecified atom stereocenters. The van der Waals surface area contributed by atoms with Gasteiger partial charge in [-0.15, -0.1) is 0 Å². The molecule has 1 heterocycles. The molecule has 0 fully saturated rings. The molecule has 2 amide bonds. The molecule has 1 aliphatic rings. The van der Waals surface area contributed by atoms with E-state index < -0.39 is 11.8 Å². The Morgan fingerprint density at radius 3 is 2.37 bits per heavy atom. The number of carbonyl (C=O) groups excluding carboxylic acids is 2. The normalized spacial score (nSPS) is 11.9. The second-order valence-electron chi connectivity index (χ2n) is 5.88. The Morgan fingerprint density at radius 2 is 1.59 bits per heavy atom. The van der Waals surface area contributed by atoms with Gasteiger partial charge in [0.25, 0.3) is 11.8 Å². The molecule has 0 aliphatic carbocycles. The van der Waals surface area contributed by atoms with Crippen molar-refractivity contribution in [3.05, 3.63) is 65.7 Å². The molecule has 0 saturated carbocycles. The zero-order chi connectivity index (χ0) is 18.8. The van der Waals surface area contributed by atoms with Crippen LogP contribution in [0.1, 0.15) is 20.7 Å². The maximum atomic E-state index is 12.5. The Kier molecular flexibility index (Phi) is 4.25. The maximum Gasteiger partial charge on any atom is 0.273 e. The number of benzene rings is 3. The Hall–Kier alpha value is -3.74. The number of methoxy groups -OCH3 is 1. The lowest BCUT2D eigenvalue weighted by Gasteiger charge is -2.12. The van der Waals surface area contributed by atoms with Crippen molar-refractivity contribution >= 4 is 22.6 Å². The van der Waals surface area contributed by atoms with Gasteiger partial charge in [-0.1, -0.05) is 24.3 Å². The second kappa shape index (κ2) is 6.87. The number of nitrogens with one attached hydrogen (secondary N) is 2. The lowest BCUT2D eigenvalue weighted by atomic mass is 10.1. The highest BCUT2D eigenvalue weighted by atomic mass is 16.7. The van der Waals surface area contributed by atoms with Gasteiger partial charge in [-0.3, -0.25) is 20.4 Å². The van der Waals surface area contributed by atoms with Crippen LogP contribution in [0.25, 0.3) is 10.8 Å². The van der Waals surface area contributed by atoms with Crippen LogP contribution in [-0.2, 0) is 0 Å². The summed E-state index contributed by atoms with van der Waals surface area (Å²) in [5.74, 6) is 0.540. The molecule has 136 valence electrons. The smallest absolute Gasteiger partial charge is 0.273 e. The predicted octanol–water partition coefficient (Wildman–Crippen LogP) is 2.65. The van der Waals surface area contributed by atoms with Crippen LogP contribution >= 0.6 is 0 Å². The van der Waals surface area contributed by atoms with Crippen molar-refractivity contribution in [2.24, 2.45) is 0 Å². The van der Waals surface area contributed by atoms with Gasteiger partial charge in [-0.2, -0.15) is 0 Å². The first-order chi connectivity index (χ1) is 13.2. The zero-order valence-corrected chi connectivity index (χ0v) is 14.4. The Labute approximate surface area is 154 Å². The van der Waals surface area contributed by atoms with E-state index in [1.165, 1.54) is 7.11 Å². The molecule has 4 rings (SSSR count). The summed E-state index contributed by atoms with van der Waals surface area (Å²) in [5.41, 5.74) is 5.47. The van der Waals surface area contributed by atoms with Gasteiger partial charge < -0.3 is 14.2 Å². The van der Waals surface area contributed by atoms with Crippen LogP contribution in [0, 0.1) is 0 Å². The predicted molar refractivity (Wildman–Crippen MR) is 98.0 cm³/mol. The molecule has 7 nitrogen and oxygen atoms in total. The average Bonchev–Trinajstić information content (AvgIpc) is 3.18. The lowest BCUT2D eigenvalue weighted by Crippen LogP contribution is -2.41. The first-order valence-corrected chi connectivity index (χ1v) is 8.23. The number of hydrazine groups is 1. The van der Waals surface area contributed by atoms with Crippen molar-refractivity contribution < 1.29 is 23.8 Å². The third-order valence-electron chi connectivity index (χ3n) is 4.24. The van der Waals surface area contributed by atoms with Gasteiger partial charge in [-0.25, -0.2) is 0 Å². The SMILES string of the molecule is COc1cc2ccccc2cc1C(=O)NNC(=O)c1ccc2c(c1)OCO2. The van der Waals surface area contributed by atoms with E-state index in [0.717, 1.165) is 10.8 Å². The van der Waals surface area contributed by atoms with Crippen LogP contribution in [0.15, 0.2) is 54.6 Å². The minimum Gasteiger partial charge on any atom is -0.496 e. The summed E-state index contributed by atoms with van der Waals surface area (Å²) in [7, 11) is 1.49. The first kappa shape index (κ1) is 16.7. The molecule has 0 radical (unpaired) electrons. The molecular formula is C20H16N2O5. The van der Waals surface area contributed by atoms with Crippen LogP contribution in [-0.4, -0.2) is 25.7 Å². The van der Waals surface area contributed by atoms with E-state index in [9.17, 15) is 9.59 Å². The van der Waals surface area contributed by atoms with Gasteiger partial charge in [0.1, 0.15) is 5.75 Å². The van der Waals surface area contributed by atoms with E-state index in [4.69, 9.17) is 14.2 Å². The van der Waals surface area contributed by atoms with Crippen molar-refractivity contribution in [1.82, 2.24) is 10.9 Å². The number of ether oxygens (including phenoxy) is 3. The zero-order valence-electron chi connectivity index (χ0n) is 14.4. The van der Waals surface area contributed by atoms with Gasteiger partial charge in [0.15, 0.2) is 11.5 Å². The Bertz CT molecular complexity index is 1050. The maximum absolute atomic E-state index is 12.5. The molecule has 1 aliphatic heterocycles. The largest absolute Gasteiger partial charge is 0.496 e. The fraction of sp³-hybridized carbons (Fsp3) is 0.100. The molecule has 0 saturated heterocycles. The number of fused-ring (bicyclic) bond motifs is 2. The van der Waals surface area contributed by atoms with Gasteiger partial charge in [0, 0.05) is 5.56 Å². The number of amides is 2. The van der Waals surface area contributed by atoms with Crippen molar-refractivity contribution in [3.8, 4) is 17.2 Å². The fourth-order valence-corrected chi connectivity index (χ4v) is 2.86. The molecule has 0 atom stereocenters. The summed E-state index contributed by atoms with van der Waals surface area (Å²) >= 11 is 0. The average molecular weight is 364 g/mol. The van der Waals surface area contributed by atoms with E-state index in [1.807, 2.05) is 24.3 Å². The number of rotatable bonds is 3. The van der Waals surface area contributed by atoms with E-state index in [1.54, 1.807) is 30.3 Å². The lowest BCUT2D eigenvalue weighted by molar-refractivity contribution is 0.0845. The van der Waals surface area contributed by atoms with E-state index in [0.29, 0.717) is 28.4 Å². The minimum atomic E-state index is -0.480. The van der Waals surface area contributed by atoms with Crippen molar-refractivity contribution in [2.45, 2.75) is 0 Å². The molecular weight excluding hydrogens is 348 g/mol. The van der Waals surface area contributed by atoms with Gasteiger partial charge in [0.2, 0.25) is 6.79 Å². The molecule has 27 heavy (non-hydrogen) atoms. The standard InChI is InChI=1S/C20H16N2O5/c1-25-17-9-13-5-3-2-4-12(13)8-15(17)20(24)22-21-19(23)14-6-7-16-18(10-14)27-11-26-16/h2-10H,11H2,1H3,(H,21,23)(H,22,24). The highest BCUT2D eigenvalue weighted by molar-refractivity contribution is 6.03. The van der Waals surface area contributed by atoms with Crippen LogP contribution in [0.3, 0.4) is 0 Å². The Morgan fingerprint density at radius 1 is 0.889 bits per heavy atom. The third kappa shape index (κ3) is 3.22. The molecule has 7 heteroatoms. The monoisotopic (exact) mass is 364 g/mol. The van der Waals surface area contributed by atoms with E-state index in [-0.39, 0.29) is 6.79 Å². The van der Waals surface area contributed by atoms with Crippen LogP contribution < -0.4 is 25.1 Å². The minimum absolute atomic E-state index is 0.124. The molecule has 3 aromatic rings. The third-order valence-corrected chi connectivity index (χ3v) is 4.24. The highest BCUT2D eigenvalue weighted by Gasteiger charge is 2.18. The second-order valence-corrected chi connectivity index (χ2v) is 5.88. The number of carbonyl (C=O) groups is 2. The topological polar surface area (TPSA) is 85.9 Å². The summed E-state index contributed by atoms with van der Waals surface area (Å²) in [4.78, 5) is 24.8. The summed E-state index contributed by atoms with van der Waals surface area (Å²) < 4.78 is 15.8. The van der Waals surface area contributed by atoms with Crippen molar-refractivity contribution in [1.29, 1.82) is 0 Å². The van der Waals surface area contributed by atoms with E-state index >= 15 is 0 Å². The molecule has 0 bridgehead atoms. The Balaban J connectivity index is 1.50. The van der Waals surface area contributed by atoms with Crippen LogP contribution in [0.4, 0.5) is 0 Å².